The lowest BCUT2D eigenvalue weighted by molar-refractivity contribution is -0.137. The Balaban J connectivity index is 1.36. The highest BCUT2D eigenvalue weighted by Gasteiger charge is 2.31. The first-order chi connectivity index (χ1) is 17.7. The fourth-order valence-electron chi connectivity index (χ4n) is 3.76. The van der Waals surface area contributed by atoms with E-state index >= 15 is 0 Å². The maximum Gasteiger partial charge on any atom is 0.416 e. The molecule has 2 heterocycles. The average Bonchev–Trinajstić information content (AvgIpc) is 3.33. The van der Waals surface area contributed by atoms with Gasteiger partial charge in [-0.3, -0.25) is 4.79 Å². The van der Waals surface area contributed by atoms with E-state index in [0.717, 1.165) is 39.2 Å². The third kappa shape index (κ3) is 5.66. The van der Waals surface area contributed by atoms with Crippen molar-refractivity contribution in [1.29, 1.82) is 0 Å². The van der Waals surface area contributed by atoms with E-state index in [0.29, 0.717) is 16.3 Å². The van der Waals surface area contributed by atoms with Crippen molar-refractivity contribution in [3.63, 3.8) is 0 Å². The minimum atomic E-state index is -4.49. The van der Waals surface area contributed by atoms with Crippen molar-refractivity contribution in [1.82, 2.24) is 9.55 Å². The number of rotatable bonds is 6. The Bertz CT molecular complexity index is 1630. The lowest BCUT2D eigenvalue weighted by Crippen LogP contribution is -2.11. The molecule has 0 atom stereocenters. The van der Waals surface area contributed by atoms with Gasteiger partial charge in [0.2, 0.25) is 0 Å². The topological polar surface area (TPSA) is 44.1 Å². The molecule has 4 nitrogen and oxygen atoms in total. The number of thiophene rings is 1. The number of alkyl halides is 3. The van der Waals surface area contributed by atoms with Crippen LogP contribution in [-0.2, 0) is 19.3 Å². The molecule has 188 valence electrons. The first-order valence-electron chi connectivity index (χ1n) is 11.0. The summed E-state index contributed by atoms with van der Waals surface area (Å²) in [5.41, 5.74) is 2.33. The van der Waals surface area contributed by atoms with Gasteiger partial charge >= 0.3 is 6.18 Å². The smallest absolute Gasteiger partial charge is 0.416 e. The summed E-state index contributed by atoms with van der Waals surface area (Å²) in [6.07, 6.45) is -2.95. The van der Waals surface area contributed by atoms with Crippen LogP contribution in [-0.4, -0.2) is 9.55 Å². The monoisotopic (exact) mass is 560 g/mol. The van der Waals surface area contributed by atoms with Crippen LogP contribution in [0.2, 0.25) is 10.0 Å². The minimum absolute atomic E-state index is 0.0363. The SMILES string of the molecule is O=c1ncn(Cc2ccc(Cl)cc2)c2cc(-c3ccc(COc4cc(C(F)(F)F)ccc4Cl)cc3)sc12. The molecule has 5 rings (SSSR count). The van der Waals surface area contributed by atoms with Gasteiger partial charge in [-0.15, -0.1) is 11.3 Å². The highest BCUT2D eigenvalue weighted by atomic mass is 35.5. The fraction of sp³-hybridized carbons (Fsp3) is 0.111. The van der Waals surface area contributed by atoms with E-state index in [9.17, 15) is 18.0 Å². The standard InChI is InChI=1S/C27H17Cl2F3N2O2S/c28-20-8-3-16(4-9-20)13-34-15-33-26(35)25-22(34)12-24(37-25)18-5-1-17(2-6-18)14-36-23-11-19(27(30,31)32)7-10-21(23)29/h1-12,15H,13-14H2. The number of hydrogen-bond donors (Lipinski definition) is 0. The number of ether oxygens (including phenoxy) is 1. The van der Waals surface area contributed by atoms with Crippen LogP contribution in [0.3, 0.4) is 0 Å². The van der Waals surface area contributed by atoms with Gasteiger partial charge in [0.15, 0.2) is 0 Å². The Morgan fingerprint density at radius 1 is 0.919 bits per heavy atom. The minimum Gasteiger partial charge on any atom is -0.487 e. The summed E-state index contributed by atoms with van der Waals surface area (Å²) in [7, 11) is 0. The van der Waals surface area contributed by atoms with E-state index in [2.05, 4.69) is 4.98 Å². The van der Waals surface area contributed by atoms with Gasteiger partial charge in [0.05, 0.1) is 22.4 Å². The van der Waals surface area contributed by atoms with Gasteiger partial charge in [-0.1, -0.05) is 59.6 Å². The van der Waals surface area contributed by atoms with E-state index in [-0.39, 0.29) is 22.9 Å². The van der Waals surface area contributed by atoms with Crippen LogP contribution in [0.15, 0.2) is 83.9 Å². The molecule has 0 radical (unpaired) electrons. The summed E-state index contributed by atoms with van der Waals surface area (Å²) < 4.78 is 47.0. The number of halogens is 5. The molecule has 0 spiro atoms. The van der Waals surface area contributed by atoms with Crippen molar-refractivity contribution in [3.05, 3.63) is 116 Å². The Hall–Kier alpha value is -3.33. The number of hydrogen-bond acceptors (Lipinski definition) is 4. The average molecular weight is 561 g/mol. The predicted molar refractivity (Wildman–Crippen MR) is 141 cm³/mol. The second kappa shape index (κ2) is 10.2. The second-order valence-electron chi connectivity index (χ2n) is 8.26. The van der Waals surface area contributed by atoms with Gasteiger partial charge in [-0.25, -0.2) is 0 Å². The van der Waals surface area contributed by atoms with Gasteiger partial charge in [-0.2, -0.15) is 18.2 Å². The molecule has 10 heteroatoms. The molecule has 0 unspecified atom stereocenters. The molecule has 0 aliphatic carbocycles. The lowest BCUT2D eigenvalue weighted by atomic mass is 10.1. The van der Waals surface area contributed by atoms with E-state index in [1.54, 1.807) is 0 Å². The lowest BCUT2D eigenvalue weighted by Gasteiger charge is -2.12. The third-order valence-corrected chi connectivity index (χ3v) is 7.41. The molecule has 0 aliphatic heterocycles. The van der Waals surface area contributed by atoms with Crippen molar-refractivity contribution >= 4 is 44.8 Å². The first kappa shape index (κ1) is 25.3. The molecule has 0 fully saturated rings. The van der Waals surface area contributed by atoms with Crippen LogP contribution in [0.1, 0.15) is 16.7 Å². The quantitative estimate of drug-likeness (QED) is 0.211. The van der Waals surface area contributed by atoms with Gasteiger partial charge in [0.1, 0.15) is 17.1 Å². The van der Waals surface area contributed by atoms with Crippen LogP contribution < -0.4 is 10.3 Å². The highest BCUT2D eigenvalue weighted by molar-refractivity contribution is 7.22. The van der Waals surface area contributed by atoms with Gasteiger partial charge in [0, 0.05) is 16.4 Å². The Morgan fingerprint density at radius 3 is 2.32 bits per heavy atom. The number of fused-ring (bicyclic) bond motifs is 1. The van der Waals surface area contributed by atoms with Gasteiger partial charge < -0.3 is 9.30 Å². The Labute approximate surface area is 223 Å². The maximum absolute atomic E-state index is 13.0. The molecule has 0 amide bonds. The van der Waals surface area contributed by atoms with Crippen molar-refractivity contribution in [2.75, 3.05) is 0 Å². The zero-order valence-corrected chi connectivity index (χ0v) is 21.3. The van der Waals surface area contributed by atoms with Crippen LogP contribution in [0, 0.1) is 0 Å². The van der Waals surface area contributed by atoms with Crippen LogP contribution in [0.5, 0.6) is 5.75 Å². The summed E-state index contributed by atoms with van der Waals surface area (Å²) in [4.78, 5) is 17.3. The van der Waals surface area contributed by atoms with Crippen molar-refractivity contribution in [2.45, 2.75) is 19.3 Å². The van der Waals surface area contributed by atoms with Crippen LogP contribution in [0.25, 0.3) is 20.7 Å². The van der Waals surface area contributed by atoms with Crippen molar-refractivity contribution < 1.29 is 17.9 Å². The molecular weight excluding hydrogens is 544 g/mol. The summed E-state index contributed by atoms with van der Waals surface area (Å²) in [5, 5.41) is 0.750. The largest absolute Gasteiger partial charge is 0.487 e. The zero-order valence-electron chi connectivity index (χ0n) is 18.9. The zero-order chi connectivity index (χ0) is 26.2. The molecule has 0 bridgehead atoms. The van der Waals surface area contributed by atoms with Crippen molar-refractivity contribution in [3.8, 4) is 16.2 Å². The summed E-state index contributed by atoms with van der Waals surface area (Å²) in [5.74, 6) is -0.0363. The molecule has 0 N–H and O–H groups in total. The highest BCUT2D eigenvalue weighted by Crippen LogP contribution is 2.36. The summed E-state index contributed by atoms with van der Waals surface area (Å²) >= 11 is 13.3. The predicted octanol–water partition coefficient (Wildman–Crippen LogP) is 8.08. The summed E-state index contributed by atoms with van der Waals surface area (Å²) in [6.45, 7) is 0.578. The molecular formula is C27H17Cl2F3N2O2S. The first-order valence-corrected chi connectivity index (χ1v) is 12.6. The van der Waals surface area contributed by atoms with Gasteiger partial charge in [-0.05, 0) is 53.1 Å². The van der Waals surface area contributed by atoms with Crippen LogP contribution in [0.4, 0.5) is 13.2 Å². The van der Waals surface area contributed by atoms with Crippen molar-refractivity contribution in [2.24, 2.45) is 0 Å². The van der Waals surface area contributed by atoms with E-state index < -0.39 is 11.7 Å². The van der Waals surface area contributed by atoms with Gasteiger partial charge in [0.25, 0.3) is 5.56 Å². The van der Waals surface area contributed by atoms with E-state index in [1.165, 1.54) is 23.7 Å². The Kier molecular flexibility index (Phi) is 6.98. The fourth-order valence-corrected chi connectivity index (χ4v) is 5.13. The molecule has 37 heavy (non-hydrogen) atoms. The molecule has 3 aromatic carbocycles. The summed E-state index contributed by atoms with van der Waals surface area (Å²) in [6, 6.07) is 19.8. The van der Waals surface area contributed by atoms with E-state index in [4.69, 9.17) is 27.9 Å². The Morgan fingerprint density at radius 2 is 1.62 bits per heavy atom. The normalized spacial score (nSPS) is 11.7. The third-order valence-electron chi connectivity index (χ3n) is 5.69. The molecule has 5 aromatic rings. The second-order valence-corrected chi connectivity index (χ2v) is 10.2. The maximum atomic E-state index is 13.0. The van der Waals surface area contributed by atoms with E-state index in [1.807, 2.05) is 59.2 Å². The van der Waals surface area contributed by atoms with Crippen LogP contribution >= 0.6 is 34.5 Å². The number of nitrogens with zero attached hydrogens (tertiary/aromatic N) is 2. The molecule has 2 aromatic heterocycles. The number of aromatic nitrogens is 2. The molecule has 0 saturated carbocycles. The number of benzene rings is 3. The molecule has 0 aliphatic rings. The molecule has 0 saturated heterocycles.